The van der Waals surface area contributed by atoms with E-state index in [-0.39, 0.29) is 5.60 Å². The molecule has 2 atom stereocenters. The molecule has 0 radical (unpaired) electrons. The predicted molar refractivity (Wildman–Crippen MR) is 65.4 cm³/mol. The molecule has 0 bridgehead atoms. The first-order valence-electron chi connectivity index (χ1n) is 5.77. The average Bonchev–Trinajstić information content (AvgIpc) is 2.75. The second-order valence-electron chi connectivity index (χ2n) is 4.88. The lowest BCUT2D eigenvalue weighted by molar-refractivity contribution is -0.0476. The highest BCUT2D eigenvalue weighted by Crippen LogP contribution is 2.42. The predicted octanol–water partition coefficient (Wildman–Crippen LogP) is 2.95. The summed E-state index contributed by atoms with van der Waals surface area (Å²) < 4.78 is 7.74. The van der Waals surface area contributed by atoms with E-state index in [2.05, 4.69) is 23.9 Å². The minimum atomic E-state index is -0.123. The molecular weight excluding hydrogens is 238 g/mol. The molecule has 0 amide bonds. The molecule has 1 aliphatic rings. The van der Waals surface area contributed by atoms with E-state index in [1.807, 2.05) is 6.07 Å². The van der Waals surface area contributed by atoms with Crippen molar-refractivity contribution in [2.75, 3.05) is 0 Å². The van der Waals surface area contributed by atoms with Crippen LogP contribution in [0, 0.1) is 5.92 Å². The van der Waals surface area contributed by atoms with Gasteiger partial charge in [0.05, 0.1) is 12.4 Å². The normalized spacial score (nSPS) is 28.1. The summed E-state index contributed by atoms with van der Waals surface area (Å²) in [5, 5.41) is 4.54. The van der Waals surface area contributed by atoms with Gasteiger partial charge in [0.1, 0.15) is 11.1 Å². The fourth-order valence-electron chi connectivity index (χ4n) is 2.16. The first-order chi connectivity index (χ1) is 8.08. The Morgan fingerprint density at radius 1 is 1.59 bits per heavy atom. The highest BCUT2D eigenvalue weighted by molar-refractivity contribution is 6.29. The van der Waals surface area contributed by atoms with Crippen LogP contribution in [0.1, 0.15) is 26.7 Å². The van der Waals surface area contributed by atoms with Crippen molar-refractivity contribution in [3.05, 3.63) is 23.6 Å². The van der Waals surface area contributed by atoms with Crippen LogP contribution in [0.5, 0.6) is 5.88 Å². The molecule has 90 valence electrons. The van der Waals surface area contributed by atoms with Crippen molar-refractivity contribution >= 4 is 17.1 Å². The second-order valence-corrected chi connectivity index (χ2v) is 5.27. The Bertz CT molecular complexity index is 568. The highest BCUT2D eigenvalue weighted by atomic mass is 35.5. The van der Waals surface area contributed by atoms with Gasteiger partial charge in [-0.1, -0.05) is 18.5 Å². The molecular formula is C12H14ClN3O. The second kappa shape index (κ2) is 3.60. The SMILES string of the molecule is CC1CCC1(C)Oc1nc(Cl)cn2nccc12. The van der Waals surface area contributed by atoms with Crippen molar-refractivity contribution in [2.24, 2.45) is 5.92 Å². The number of fused-ring (bicyclic) bond motifs is 1. The Morgan fingerprint density at radius 3 is 3.06 bits per heavy atom. The van der Waals surface area contributed by atoms with Crippen LogP contribution in [0.25, 0.3) is 5.52 Å². The van der Waals surface area contributed by atoms with Gasteiger partial charge < -0.3 is 4.74 Å². The van der Waals surface area contributed by atoms with Crippen LogP contribution in [0.4, 0.5) is 0 Å². The Hall–Kier alpha value is -1.29. The van der Waals surface area contributed by atoms with Crippen molar-refractivity contribution in [2.45, 2.75) is 32.3 Å². The summed E-state index contributed by atoms with van der Waals surface area (Å²) in [6.07, 6.45) is 5.65. The fourth-order valence-corrected chi connectivity index (χ4v) is 2.33. The molecule has 4 nitrogen and oxygen atoms in total. The van der Waals surface area contributed by atoms with E-state index >= 15 is 0 Å². The van der Waals surface area contributed by atoms with Crippen molar-refractivity contribution < 1.29 is 4.74 Å². The molecule has 3 rings (SSSR count). The first-order valence-corrected chi connectivity index (χ1v) is 6.15. The number of rotatable bonds is 2. The summed E-state index contributed by atoms with van der Waals surface area (Å²) in [5.41, 5.74) is 0.734. The van der Waals surface area contributed by atoms with Gasteiger partial charge in [-0.05, 0) is 31.7 Å². The largest absolute Gasteiger partial charge is 0.469 e. The van der Waals surface area contributed by atoms with E-state index in [1.165, 1.54) is 6.42 Å². The minimum Gasteiger partial charge on any atom is -0.469 e. The maximum Gasteiger partial charge on any atom is 0.242 e. The van der Waals surface area contributed by atoms with Crippen molar-refractivity contribution in [3.63, 3.8) is 0 Å². The third-order valence-corrected chi connectivity index (χ3v) is 3.95. The summed E-state index contributed by atoms with van der Waals surface area (Å²) in [6.45, 7) is 4.32. The molecule has 2 aromatic heterocycles. The van der Waals surface area contributed by atoms with Gasteiger partial charge in [0.2, 0.25) is 5.88 Å². The van der Waals surface area contributed by atoms with Crippen LogP contribution in [0.15, 0.2) is 18.5 Å². The minimum absolute atomic E-state index is 0.123. The van der Waals surface area contributed by atoms with Crippen LogP contribution in [-0.2, 0) is 0 Å². The number of hydrogen-bond donors (Lipinski definition) is 0. The zero-order valence-corrected chi connectivity index (χ0v) is 10.6. The summed E-state index contributed by atoms with van der Waals surface area (Å²) in [7, 11) is 0. The molecule has 0 saturated heterocycles. The van der Waals surface area contributed by atoms with Crippen molar-refractivity contribution in [3.8, 4) is 5.88 Å². The topological polar surface area (TPSA) is 39.4 Å². The van der Waals surface area contributed by atoms with Crippen LogP contribution >= 0.6 is 11.6 Å². The zero-order valence-electron chi connectivity index (χ0n) is 9.85. The van der Waals surface area contributed by atoms with Gasteiger partial charge >= 0.3 is 0 Å². The molecule has 1 saturated carbocycles. The lowest BCUT2D eigenvalue weighted by atomic mass is 9.72. The highest BCUT2D eigenvalue weighted by Gasteiger charge is 2.42. The molecule has 0 aromatic carbocycles. The molecule has 1 aliphatic carbocycles. The maximum absolute atomic E-state index is 6.05. The van der Waals surface area contributed by atoms with Gasteiger partial charge in [-0.3, -0.25) is 0 Å². The number of ether oxygens (including phenoxy) is 1. The Kier molecular flexibility index (Phi) is 2.30. The van der Waals surface area contributed by atoms with Crippen LogP contribution in [-0.4, -0.2) is 20.2 Å². The molecule has 0 spiro atoms. The van der Waals surface area contributed by atoms with E-state index in [0.29, 0.717) is 17.0 Å². The molecule has 5 heteroatoms. The standard InChI is InChI=1S/C12H14ClN3O/c1-8-3-5-12(8,2)17-11-9-4-6-14-16(9)7-10(13)15-11/h4,6-8H,3,5H2,1-2H3. The Labute approximate surface area is 105 Å². The van der Waals surface area contributed by atoms with Gasteiger partial charge in [-0.2, -0.15) is 10.1 Å². The van der Waals surface area contributed by atoms with E-state index in [0.717, 1.165) is 11.9 Å². The lowest BCUT2D eigenvalue weighted by Gasteiger charge is -2.44. The molecule has 2 heterocycles. The van der Waals surface area contributed by atoms with E-state index < -0.39 is 0 Å². The summed E-state index contributed by atoms with van der Waals surface area (Å²) in [4.78, 5) is 4.26. The summed E-state index contributed by atoms with van der Waals surface area (Å²) >= 11 is 5.96. The smallest absolute Gasteiger partial charge is 0.242 e. The third kappa shape index (κ3) is 1.67. The lowest BCUT2D eigenvalue weighted by Crippen LogP contribution is -2.48. The molecule has 0 N–H and O–H groups in total. The summed E-state index contributed by atoms with van der Waals surface area (Å²) in [6, 6.07) is 1.88. The first kappa shape index (κ1) is 10.8. The van der Waals surface area contributed by atoms with Gasteiger partial charge in [-0.25, -0.2) is 4.52 Å². The zero-order chi connectivity index (χ0) is 12.0. The van der Waals surface area contributed by atoms with Gasteiger partial charge in [0.15, 0.2) is 5.15 Å². The Morgan fingerprint density at radius 2 is 2.41 bits per heavy atom. The van der Waals surface area contributed by atoms with Crippen molar-refractivity contribution in [1.29, 1.82) is 0 Å². The fraction of sp³-hybridized carbons (Fsp3) is 0.500. The third-order valence-electron chi connectivity index (χ3n) is 3.77. The van der Waals surface area contributed by atoms with Crippen LogP contribution in [0.3, 0.4) is 0 Å². The van der Waals surface area contributed by atoms with E-state index in [4.69, 9.17) is 16.3 Å². The van der Waals surface area contributed by atoms with Gasteiger partial charge in [-0.15, -0.1) is 0 Å². The van der Waals surface area contributed by atoms with Gasteiger partial charge in [0, 0.05) is 0 Å². The monoisotopic (exact) mass is 251 g/mol. The molecule has 2 aromatic rings. The molecule has 0 aliphatic heterocycles. The van der Waals surface area contributed by atoms with Crippen LogP contribution in [0.2, 0.25) is 5.15 Å². The quantitative estimate of drug-likeness (QED) is 0.824. The number of halogens is 1. The number of hydrogen-bond acceptors (Lipinski definition) is 3. The molecule has 2 unspecified atom stereocenters. The maximum atomic E-state index is 6.05. The number of aromatic nitrogens is 3. The molecule has 1 fully saturated rings. The molecule has 17 heavy (non-hydrogen) atoms. The van der Waals surface area contributed by atoms with E-state index in [9.17, 15) is 0 Å². The van der Waals surface area contributed by atoms with Gasteiger partial charge in [0.25, 0.3) is 0 Å². The van der Waals surface area contributed by atoms with E-state index in [1.54, 1.807) is 16.9 Å². The Balaban J connectivity index is 2.02. The summed E-state index contributed by atoms with van der Waals surface area (Å²) in [5.74, 6) is 1.12. The number of nitrogens with zero attached hydrogens (tertiary/aromatic N) is 3. The van der Waals surface area contributed by atoms with Crippen molar-refractivity contribution in [1.82, 2.24) is 14.6 Å². The van der Waals surface area contributed by atoms with Crippen LogP contribution < -0.4 is 4.74 Å². The average molecular weight is 252 g/mol.